The summed E-state index contributed by atoms with van der Waals surface area (Å²) in [5.41, 5.74) is 8.04. The van der Waals surface area contributed by atoms with Crippen molar-refractivity contribution in [3.63, 3.8) is 0 Å². The van der Waals surface area contributed by atoms with Gasteiger partial charge in [0.2, 0.25) is 0 Å². The number of rotatable bonds is 3. The molecule has 0 spiro atoms. The van der Waals surface area contributed by atoms with E-state index in [0.717, 1.165) is 0 Å². The zero-order chi connectivity index (χ0) is 13.4. The van der Waals surface area contributed by atoms with Crippen LogP contribution in [0.1, 0.15) is 5.69 Å². The van der Waals surface area contributed by atoms with Crippen molar-refractivity contribution in [3.8, 4) is 0 Å². The number of benzene rings is 1. The van der Waals surface area contributed by atoms with E-state index in [1.807, 2.05) is 0 Å². The molecule has 1 unspecified atom stereocenters. The normalized spacial score (nSPS) is 12.9. The molecule has 7 nitrogen and oxygen atoms in total. The van der Waals surface area contributed by atoms with Gasteiger partial charge in [-0.1, -0.05) is 5.21 Å². The molecule has 2 aromatic heterocycles. The minimum atomic E-state index is -1.39. The Morgan fingerprint density at radius 2 is 2.32 bits per heavy atom. The lowest BCUT2D eigenvalue weighted by molar-refractivity contribution is 0.477. The van der Waals surface area contributed by atoms with E-state index in [-0.39, 0.29) is 11.0 Å². The minimum absolute atomic E-state index is 0.172. The Kier molecular flexibility index (Phi) is 2.79. The number of nitrogens with two attached hydrogens (primary N) is 1. The SMILES string of the molecule is Cn1cc(CS(=O)c2nc3cc(N)ccc3o2)nn1. The number of aromatic nitrogens is 4. The predicted octanol–water partition coefficient (Wildman–Crippen LogP) is 0.846. The van der Waals surface area contributed by atoms with Crippen LogP contribution >= 0.6 is 0 Å². The summed E-state index contributed by atoms with van der Waals surface area (Å²) in [5, 5.41) is 7.83. The molecule has 0 aliphatic rings. The zero-order valence-electron chi connectivity index (χ0n) is 10.1. The molecule has 0 radical (unpaired) electrons. The van der Waals surface area contributed by atoms with Crippen molar-refractivity contribution < 1.29 is 8.63 Å². The van der Waals surface area contributed by atoms with Gasteiger partial charge in [-0.05, 0) is 18.2 Å². The van der Waals surface area contributed by atoms with Crippen molar-refractivity contribution in [1.29, 1.82) is 0 Å². The van der Waals surface area contributed by atoms with Gasteiger partial charge in [0.25, 0.3) is 5.22 Å². The standard InChI is InChI=1S/C11H11N5O2S/c1-16-5-8(14-15-16)6-19(17)11-13-9-4-7(12)2-3-10(9)18-11/h2-5H,6,12H2,1H3. The van der Waals surface area contributed by atoms with E-state index in [2.05, 4.69) is 15.3 Å². The second-order valence-corrected chi connectivity index (χ2v) is 5.41. The molecule has 3 aromatic rings. The zero-order valence-corrected chi connectivity index (χ0v) is 10.9. The summed E-state index contributed by atoms with van der Waals surface area (Å²) < 4.78 is 19.1. The Morgan fingerprint density at radius 3 is 3.05 bits per heavy atom. The molecular formula is C11H11N5O2S. The fraction of sp³-hybridized carbons (Fsp3) is 0.182. The average Bonchev–Trinajstić information content (AvgIpc) is 2.95. The van der Waals surface area contributed by atoms with Crippen LogP contribution < -0.4 is 5.73 Å². The van der Waals surface area contributed by atoms with Crippen LogP contribution in [-0.4, -0.2) is 24.2 Å². The highest BCUT2D eigenvalue weighted by atomic mass is 32.2. The van der Waals surface area contributed by atoms with Crippen LogP contribution in [0.5, 0.6) is 0 Å². The molecule has 98 valence electrons. The highest BCUT2D eigenvalue weighted by molar-refractivity contribution is 7.84. The summed E-state index contributed by atoms with van der Waals surface area (Å²) in [4.78, 5) is 4.17. The highest BCUT2D eigenvalue weighted by Crippen LogP contribution is 2.21. The van der Waals surface area contributed by atoms with Gasteiger partial charge < -0.3 is 10.2 Å². The third-order valence-corrected chi connectivity index (χ3v) is 3.64. The molecule has 1 aromatic carbocycles. The molecule has 2 N–H and O–H groups in total. The van der Waals surface area contributed by atoms with Gasteiger partial charge in [-0.15, -0.1) is 5.10 Å². The summed E-state index contributed by atoms with van der Waals surface area (Å²) in [7, 11) is 0.357. The van der Waals surface area contributed by atoms with Crippen molar-refractivity contribution in [2.45, 2.75) is 11.0 Å². The molecule has 0 aliphatic heterocycles. The number of nitrogen functional groups attached to an aromatic ring is 1. The first-order valence-corrected chi connectivity index (χ1v) is 6.83. The minimum Gasteiger partial charge on any atom is -0.430 e. The third-order valence-electron chi connectivity index (χ3n) is 2.52. The molecule has 0 saturated heterocycles. The molecule has 0 aliphatic carbocycles. The van der Waals surface area contributed by atoms with Gasteiger partial charge in [0.05, 0.1) is 11.4 Å². The lowest BCUT2D eigenvalue weighted by Gasteiger charge is -1.91. The lowest BCUT2D eigenvalue weighted by Crippen LogP contribution is -1.97. The van der Waals surface area contributed by atoms with Gasteiger partial charge >= 0.3 is 0 Å². The smallest absolute Gasteiger partial charge is 0.288 e. The van der Waals surface area contributed by atoms with Crippen molar-refractivity contribution >= 4 is 27.6 Å². The second-order valence-electron chi connectivity index (χ2n) is 4.08. The highest BCUT2D eigenvalue weighted by Gasteiger charge is 2.15. The summed E-state index contributed by atoms with van der Waals surface area (Å²) in [5.74, 6) is 0.218. The first-order valence-electron chi connectivity index (χ1n) is 5.51. The molecule has 0 fully saturated rings. The lowest BCUT2D eigenvalue weighted by atomic mass is 10.3. The molecule has 2 heterocycles. The number of aryl methyl sites for hydroxylation is 1. The van der Waals surface area contributed by atoms with Crippen LogP contribution in [0.4, 0.5) is 5.69 Å². The van der Waals surface area contributed by atoms with Gasteiger partial charge in [0, 0.05) is 18.9 Å². The maximum atomic E-state index is 12.1. The molecule has 1 atom stereocenters. The first kappa shape index (κ1) is 11.8. The van der Waals surface area contributed by atoms with E-state index in [1.54, 1.807) is 36.1 Å². The van der Waals surface area contributed by atoms with Gasteiger partial charge in [-0.3, -0.25) is 4.68 Å². The van der Waals surface area contributed by atoms with Crippen LogP contribution in [0.3, 0.4) is 0 Å². The fourth-order valence-electron chi connectivity index (χ4n) is 1.68. The fourth-order valence-corrected chi connectivity index (χ4v) is 2.59. The van der Waals surface area contributed by atoms with E-state index in [1.165, 1.54) is 0 Å². The number of anilines is 1. The van der Waals surface area contributed by atoms with E-state index >= 15 is 0 Å². The molecule has 19 heavy (non-hydrogen) atoms. The van der Waals surface area contributed by atoms with E-state index in [0.29, 0.717) is 22.5 Å². The number of nitrogens with zero attached hydrogens (tertiary/aromatic N) is 4. The maximum absolute atomic E-state index is 12.1. The number of oxazole rings is 1. The molecule has 8 heteroatoms. The Bertz CT molecular complexity index is 763. The molecule has 3 rings (SSSR count). The molecule has 0 bridgehead atoms. The van der Waals surface area contributed by atoms with Gasteiger partial charge in [0.1, 0.15) is 16.3 Å². The summed E-state index contributed by atoms with van der Waals surface area (Å²) >= 11 is 0. The topological polar surface area (TPSA) is 99.8 Å². The predicted molar refractivity (Wildman–Crippen MR) is 69.5 cm³/mol. The average molecular weight is 277 g/mol. The summed E-state index contributed by atoms with van der Waals surface area (Å²) in [6, 6.07) is 5.10. The van der Waals surface area contributed by atoms with Crippen LogP contribution in [-0.2, 0) is 23.6 Å². The van der Waals surface area contributed by atoms with Crippen molar-refractivity contribution in [2.24, 2.45) is 7.05 Å². The largest absolute Gasteiger partial charge is 0.430 e. The molecular weight excluding hydrogens is 266 g/mol. The second kappa shape index (κ2) is 4.47. The summed E-state index contributed by atoms with van der Waals surface area (Å²) in [6.07, 6.45) is 1.71. The van der Waals surface area contributed by atoms with Crippen LogP contribution in [0.2, 0.25) is 0 Å². The van der Waals surface area contributed by atoms with Crippen LogP contribution in [0.15, 0.2) is 34.0 Å². The van der Waals surface area contributed by atoms with Crippen LogP contribution in [0, 0.1) is 0 Å². The number of fused-ring (bicyclic) bond motifs is 1. The first-order chi connectivity index (χ1) is 9.11. The van der Waals surface area contributed by atoms with Gasteiger partial charge in [0.15, 0.2) is 5.58 Å². The van der Waals surface area contributed by atoms with E-state index in [9.17, 15) is 4.21 Å². The Labute approximate surface area is 110 Å². The van der Waals surface area contributed by atoms with Gasteiger partial charge in [-0.2, -0.15) is 0 Å². The van der Waals surface area contributed by atoms with Crippen molar-refractivity contribution in [3.05, 3.63) is 30.1 Å². The molecule has 0 amide bonds. The maximum Gasteiger partial charge on any atom is 0.288 e. The molecule has 0 saturated carbocycles. The Morgan fingerprint density at radius 1 is 1.47 bits per heavy atom. The van der Waals surface area contributed by atoms with E-state index < -0.39 is 10.8 Å². The van der Waals surface area contributed by atoms with E-state index in [4.69, 9.17) is 10.2 Å². The van der Waals surface area contributed by atoms with Gasteiger partial charge in [-0.25, -0.2) is 9.19 Å². The summed E-state index contributed by atoms with van der Waals surface area (Å²) in [6.45, 7) is 0. The monoisotopic (exact) mass is 277 g/mol. The van der Waals surface area contributed by atoms with Crippen molar-refractivity contribution in [2.75, 3.05) is 5.73 Å². The third kappa shape index (κ3) is 2.34. The Balaban J connectivity index is 1.89. The van der Waals surface area contributed by atoms with Crippen LogP contribution in [0.25, 0.3) is 11.1 Å². The number of hydrogen-bond acceptors (Lipinski definition) is 6. The Hall–Kier alpha value is -2.22. The number of hydrogen-bond donors (Lipinski definition) is 1. The quantitative estimate of drug-likeness (QED) is 0.712. The van der Waals surface area contributed by atoms with Crippen molar-refractivity contribution in [1.82, 2.24) is 20.0 Å².